The fourth-order valence-corrected chi connectivity index (χ4v) is 2.47. The van der Waals surface area contributed by atoms with Crippen LogP contribution in [-0.2, 0) is 24.5 Å². The summed E-state index contributed by atoms with van der Waals surface area (Å²) in [6.07, 6.45) is 0. The van der Waals surface area contributed by atoms with Gasteiger partial charge in [0.05, 0.1) is 19.8 Å². The molecule has 0 aliphatic carbocycles. The van der Waals surface area contributed by atoms with Gasteiger partial charge < -0.3 is 14.5 Å². The summed E-state index contributed by atoms with van der Waals surface area (Å²) >= 11 is 3.47. The molecule has 0 fully saturated rings. The molecule has 4 heteroatoms. The normalized spacial score (nSPS) is 11.3. The molecule has 0 atom stereocenters. The van der Waals surface area contributed by atoms with E-state index in [4.69, 9.17) is 9.15 Å². The van der Waals surface area contributed by atoms with Crippen LogP contribution >= 0.6 is 15.9 Å². The monoisotopic (exact) mass is 351 g/mol. The van der Waals surface area contributed by atoms with Crippen molar-refractivity contribution in [2.75, 3.05) is 0 Å². The Morgan fingerprint density at radius 3 is 2.76 bits per heavy atom. The molecule has 3 nitrogen and oxygen atoms in total. The molecule has 1 N–H and O–H groups in total. The second-order valence-corrected chi connectivity index (χ2v) is 6.37. The fourth-order valence-electron chi connectivity index (χ4n) is 2.03. The highest BCUT2D eigenvalue weighted by Crippen LogP contribution is 2.17. The third-order valence-electron chi connectivity index (χ3n) is 3.17. The summed E-state index contributed by atoms with van der Waals surface area (Å²) in [6.45, 7) is 8.16. The van der Waals surface area contributed by atoms with E-state index in [9.17, 15) is 0 Å². The van der Waals surface area contributed by atoms with Crippen molar-refractivity contribution in [3.8, 4) is 0 Å². The molecule has 2 rings (SSSR count). The second-order valence-electron chi connectivity index (χ2n) is 5.45. The van der Waals surface area contributed by atoms with Gasteiger partial charge in [-0.1, -0.05) is 41.9 Å². The summed E-state index contributed by atoms with van der Waals surface area (Å²) in [5, 5.41) is 3.35. The molecule has 0 spiro atoms. The van der Waals surface area contributed by atoms with Crippen LogP contribution in [0.3, 0.4) is 0 Å². The van der Waals surface area contributed by atoms with Crippen LogP contribution in [0.15, 0.2) is 39.2 Å². The highest BCUT2D eigenvalue weighted by Gasteiger charge is 2.08. The number of hydrogen-bond acceptors (Lipinski definition) is 3. The van der Waals surface area contributed by atoms with Gasteiger partial charge in [0.2, 0.25) is 0 Å². The topological polar surface area (TPSA) is 34.4 Å². The molecule has 0 radical (unpaired) electrons. The molecule has 1 aromatic carbocycles. The minimum absolute atomic E-state index is 0.451. The van der Waals surface area contributed by atoms with Crippen molar-refractivity contribution in [2.24, 2.45) is 0 Å². The van der Waals surface area contributed by atoms with Crippen LogP contribution in [0.4, 0.5) is 0 Å². The van der Waals surface area contributed by atoms with E-state index >= 15 is 0 Å². The Kier molecular flexibility index (Phi) is 6.03. The van der Waals surface area contributed by atoms with Gasteiger partial charge in [-0.2, -0.15) is 0 Å². The van der Waals surface area contributed by atoms with E-state index in [0.29, 0.717) is 19.3 Å². The Hall–Kier alpha value is -1.10. The molecule has 0 aliphatic heterocycles. The highest BCUT2D eigenvalue weighted by molar-refractivity contribution is 9.10. The van der Waals surface area contributed by atoms with Crippen molar-refractivity contribution in [1.82, 2.24) is 5.32 Å². The standard InChI is InChI=1S/C17H22BrNO2/c1-12(2)19-9-17-8-15(13(3)21-17)11-20-10-14-5-4-6-16(18)7-14/h4-8,12,19H,9-11H2,1-3H3. The van der Waals surface area contributed by atoms with E-state index in [0.717, 1.165) is 33.7 Å². The van der Waals surface area contributed by atoms with E-state index in [-0.39, 0.29) is 0 Å². The Balaban J connectivity index is 1.85. The Labute approximate surface area is 134 Å². The number of furan rings is 1. The molecule has 0 unspecified atom stereocenters. The molecule has 0 bridgehead atoms. The summed E-state index contributed by atoms with van der Waals surface area (Å²) < 4.78 is 12.6. The van der Waals surface area contributed by atoms with Gasteiger partial charge in [-0.15, -0.1) is 0 Å². The summed E-state index contributed by atoms with van der Waals surface area (Å²) in [5.74, 6) is 1.90. The predicted molar refractivity (Wildman–Crippen MR) is 88.1 cm³/mol. The lowest BCUT2D eigenvalue weighted by Crippen LogP contribution is -2.21. The van der Waals surface area contributed by atoms with Crippen LogP contribution in [0, 0.1) is 6.92 Å². The van der Waals surface area contributed by atoms with Gasteiger partial charge in [0.1, 0.15) is 11.5 Å². The van der Waals surface area contributed by atoms with Gasteiger partial charge in [0.15, 0.2) is 0 Å². The Bertz CT molecular complexity index is 578. The van der Waals surface area contributed by atoms with E-state index in [1.165, 1.54) is 0 Å². The predicted octanol–water partition coefficient (Wildman–Crippen LogP) is 4.57. The molecule has 114 valence electrons. The Morgan fingerprint density at radius 2 is 2.05 bits per heavy atom. The SMILES string of the molecule is Cc1oc(CNC(C)C)cc1COCc1cccc(Br)c1. The van der Waals surface area contributed by atoms with E-state index in [1.54, 1.807) is 0 Å². The zero-order valence-electron chi connectivity index (χ0n) is 12.8. The fraction of sp³-hybridized carbons (Fsp3) is 0.412. The number of ether oxygens (including phenoxy) is 1. The van der Waals surface area contributed by atoms with Crippen molar-refractivity contribution in [1.29, 1.82) is 0 Å². The molecule has 0 saturated heterocycles. The van der Waals surface area contributed by atoms with Crippen LogP contribution in [-0.4, -0.2) is 6.04 Å². The first-order chi connectivity index (χ1) is 10.0. The molecule has 1 heterocycles. The number of benzene rings is 1. The molecule has 1 aromatic heterocycles. The minimum Gasteiger partial charge on any atom is -0.465 e. The second kappa shape index (κ2) is 7.78. The summed E-state index contributed by atoms with van der Waals surface area (Å²) in [7, 11) is 0. The van der Waals surface area contributed by atoms with Crippen molar-refractivity contribution in [3.05, 3.63) is 57.5 Å². The van der Waals surface area contributed by atoms with Gasteiger partial charge in [-0.3, -0.25) is 0 Å². The first-order valence-electron chi connectivity index (χ1n) is 7.18. The van der Waals surface area contributed by atoms with Gasteiger partial charge in [0, 0.05) is 16.1 Å². The zero-order valence-corrected chi connectivity index (χ0v) is 14.4. The lowest BCUT2D eigenvalue weighted by Gasteiger charge is -2.04. The van der Waals surface area contributed by atoms with Crippen molar-refractivity contribution in [3.63, 3.8) is 0 Å². The van der Waals surface area contributed by atoms with Gasteiger partial charge in [-0.25, -0.2) is 0 Å². The smallest absolute Gasteiger partial charge is 0.118 e. The number of aryl methyl sites for hydroxylation is 1. The molecule has 0 aliphatic rings. The molecule has 0 saturated carbocycles. The summed E-state index contributed by atoms with van der Waals surface area (Å²) in [4.78, 5) is 0. The van der Waals surface area contributed by atoms with Gasteiger partial charge in [-0.05, 0) is 30.7 Å². The number of hydrogen-bond donors (Lipinski definition) is 1. The average Bonchev–Trinajstić information content (AvgIpc) is 2.77. The first-order valence-corrected chi connectivity index (χ1v) is 7.97. The third-order valence-corrected chi connectivity index (χ3v) is 3.66. The zero-order chi connectivity index (χ0) is 15.2. The minimum atomic E-state index is 0.451. The number of nitrogens with one attached hydrogen (secondary N) is 1. The highest BCUT2D eigenvalue weighted by atomic mass is 79.9. The first kappa shape index (κ1) is 16.3. The van der Waals surface area contributed by atoms with E-state index in [2.05, 4.69) is 53.3 Å². The van der Waals surface area contributed by atoms with Crippen molar-refractivity contribution >= 4 is 15.9 Å². The lowest BCUT2D eigenvalue weighted by atomic mass is 10.2. The lowest BCUT2D eigenvalue weighted by molar-refractivity contribution is 0.106. The summed E-state index contributed by atoms with van der Waals surface area (Å²) in [6, 6.07) is 10.7. The molecule has 2 aromatic rings. The van der Waals surface area contributed by atoms with Crippen LogP contribution in [0.25, 0.3) is 0 Å². The maximum absolute atomic E-state index is 5.78. The van der Waals surface area contributed by atoms with Crippen LogP contribution in [0.5, 0.6) is 0 Å². The number of rotatable bonds is 7. The van der Waals surface area contributed by atoms with Gasteiger partial charge in [0.25, 0.3) is 0 Å². The van der Waals surface area contributed by atoms with Crippen molar-refractivity contribution < 1.29 is 9.15 Å². The Morgan fingerprint density at radius 1 is 1.24 bits per heavy atom. The molecule has 21 heavy (non-hydrogen) atoms. The quantitative estimate of drug-likeness (QED) is 0.793. The molecular weight excluding hydrogens is 330 g/mol. The van der Waals surface area contributed by atoms with Gasteiger partial charge >= 0.3 is 0 Å². The average molecular weight is 352 g/mol. The van der Waals surface area contributed by atoms with Crippen LogP contribution < -0.4 is 5.32 Å². The largest absolute Gasteiger partial charge is 0.465 e. The molecular formula is C17H22BrNO2. The van der Waals surface area contributed by atoms with E-state index in [1.807, 2.05) is 19.1 Å². The maximum atomic E-state index is 5.78. The summed E-state index contributed by atoms with van der Waals surface area (Å²) in [5.41, 5.74) is 2.28. The van der Waals surface area contributed by atoms with E-state index < -0.39 is 0 Å². The maximum Gasteiger partial charge on any atom is 0.118 e. The third kappa shape index (κ3) is 5.30. The van der Waals surface area contributed by atoms with Crippen molar-refractivity contribution in [2.45, 2.75) is 46.6 Å². The van der Waals surface area contributed by atoms with Crippen LogP contribution in [0.2, 0.25) is 0 Å². The number of halogens is 1. The molecule has 0 amide bonds. The van der Waals surface area contributed by atoms with Crippen LogP contribution in [0.1, 0.15) is 36.5 Å².